The Morgan fingerprint density at radius 3 is 2.32 bits per heavy atom. The molecule has 4 aromatic rings. The fourth-order valence-corrected chi connectivity index (χ4v) is 6.01. The summed E-state index contributed by atoms with van der Waals surface area (Å²) in [5, 5.41) is 0. The molecule has 1 aliphatic heterocycles. The molecule has 0 bridgehead atoms. The van der Waals surface area contributed by atoms with Gasteiger partial charge in [-0.1, -0.05) is 72.3 Å². The van der Waals surface area contributed by atoms with Crippen molar-refractivity contribution in [3.63, 3.8) is 0 Å². The summed E-state index contributed by atoms with van der Waals surface area (Å²) >= 11 is 0. The lowest BCUT2D eigenvalue weighted by molar-refractivity contribution is 0.436. The molecule has 0 radical (unpaired) electrons. The maximum atomic E-state index is 6.41. The molecular weight excluding hydrogens is 416 g/mol. The molecule has 34 heavy (non-hydrogen) atoms. The van der Waals surface area contributed by atoms with Crippen molar-refractivity contribution >= 4 is 5.57 Å². The van der Waals surface area contributed by atoms with Gasteiger partial charge in [0.05, 0.1) is 11.1 Å². The van der Waals surface area contributed by atoms with Gasteiger partial charge in [-0.3, -0.25) is 4.98 Å². The van der Waals surface area contributed by atoms with E-state index in [-0.39, 0.29) is 0 Å². The number of para-hydroxylation sites is 2. The zero-order chi connectivity index (χ0) is 22.7. The molecule has 0 saturated heterocycles. The Morgan fingerprint density at radius 2 is 1.56 bits per heavy atom. The maximum Gasteiger partial charge on any atom is 0.132 e. The lowest BCUT2D eigenvalue weighted by Gasteiger charge is -2.39. The van der Waals surface area contributed by atoms with Crippen LogP contribution in [0.25, 0.3) is 16.8 Å². The van der Waals surface area contributed by atoms with Crippen LogP contribution < -0.4 is 10.5 Å². The molecule has 2 N–H and O–H groups in total. The van der Waals surface area contributed by atoms with Crippen LogP contribution in [0.1, 0.15) is 40.7 Å². The van der Waals surface area contributed by atoms with Gasteiger partial charge in [0.2, 0.25) is 0 Å². The normalized spacial score (nSPS) is 16.5. The molecule has 1 spiro atoms. The summed E-state index contributed by atoms with van der Waals surface area (Å²) in [5.74, 6) is 1.80. The first-order chi connectivity index (χ1) is 16.8. The van der Waals surface area contributed by atoms with Crippen molar-refractivity contribution in [3.8, 4) is 22.8 Å². The fraction of sp³-hybridized carbons (Fsp3) is 0.129. The minimum atomic E-state index is -0.476. The minimum Gasteiger partial charge on any atom is -0.457 e. The quantitative estimate of drug-likeness (QED) is 0.329. The van der Waals surface area contributed by atoms with E-state index in [1.54, 1.807) is 0 Å². The Morgan fingerprint density at radius 1 is 0.824 bits per heavy atom. The van der Waals surface area contributed by atoms with Crippen LogP contribution in [0.2, 0.25) is 0 Å². The number of aromatic nitrogens is 1. The topological polar surface area (TPSA) is 48.1 Å². The van der Waals surface area contributed by atoms with Crippen LogP contribution in [0.15, 0.2) is 103 Å². The van der Waals surface area contributed by atoms with Crippen molar-refractivity contribution in [3.05, 3.63) is 131 Å². The van der Waals surface area contributed by atoms with E-state index in [4.69, 9.17) is 15.5 Å². The van der Waals surface area contributed by atoms with Crippen LogP contribution >= 0.6 is 0 Å². The molecule has 3 aliphatic rings. The second-order valence-electron chi connectivity index (χ2n) is 9.21. The summed E-state index contributed by atoms with van der Waals surface area (Å²) in [4.78, 5) is 4.88. The SMILES string of the molecule is NCC1=CC(c2ccc3c(c2)C2(c4ccccc4Oc4ccccc42)c2cccnc2-3)=CCC1. The van der Waals surface area contributed by atoms with Crippen LogP contribution in [0.4, 0.5) is 0 Å². The summed E-state index contributed by atoms with van der Waals surface area (Å²) in [5.41, 5.74) is 16.3. The van der Waals surface area contributed by atoms with Gasteiger partial charge in [0, 0.05) is 29.4 Å². The number of nitrogens with zero attached hydrogens (tertiary/aromatic N) is 1. The van der Waals surface area contributed by atoms with Gasteiger partial charge in [-0.15, -0.1) is 0 Å². The first kappa shape index (κ1) is 19.5. The van der Waals surface area contributed by atoms with Crippen LogP contribution in [0.5, 0.6) is 11.5 Å². The van der Waals surface area contributed by atoms with Crippen molar-refractivity contribution in [2.45, 2.75) is 18.3 Å². The molecule has 0 fully saturated rings. The van der Waals surface area contributed by atoms with E-state index < -0.39 is 5.41 Å². The Hall–Kier alpha value is -3.95. The molecule has 2 heterocycles. The highest BCUT2D eigenvalue weighted by molar-refractivity contribution is 5.89. The summed E-state index contributed by atoms with van der Waals surface area (Å²) in [6, 6.07) is 28.0. The predicted molar refractivity (Wildman–Crippen MR) is 136 cm³/mol. The van der Waals surface area contributed by atoms with E-state index in [9.17, 15) is 0 Å². The molecule has 3 nitrogen and oxygen atoms in total. The monoisotopic (exact) mass is 440 g/mol. The number of nitrogens with two attached hydrogens (primary N) is 1. The smallest absolute Gasteiger partial charge is 0.132 e. The number of hydrogen-bond acceptors (Lipinski definition) is 3. The van der Waals surface area contributed by atoms with Gasteiger partial charge in [0.1, 0.15) is 11.5 Å². The highest BCUT2D eigenvalue weighted by Gasteiger charge is 2.51. The van der Waals surface area contributed by atoms with Crippen molar-refractivity contribution < 1.29 is 4.74 Å². The summed E-state index contributed by atoms with van der Waals surface area (Å²) in [6.45, 7) is 0.611. The number of hydrogen-bond donors (Lipinski definition) is 1. The van der Waals surface area contributed by atoms with Gasteiger partial charge in [-0.2, -0.15) is 0 Å². The number of ether oxygens (including phenoxy) is 1. The lowest BCUT2D eigenvalue weighted by Crippen LogP contribution is -2.32. The zero-order valence-corrected chi connectivity index (χ0v) is 18.8. The van der Waals surface area contributed by atoms with Gasteiger partial charge in [-0.25, -0.2) is 0 Å². The second-order valence-corrected chi connectivity index (χ2v) is 9.21. The van der Waals surface area contributed by atoms with Crippen LogP contribution in [0.3, 0.4) is 0 Å². The van der Waals surface area contributed by atoms with Gasteiger partial charge in [0.25, 0.3) is 0 Å². The van der Waals surface area contributed by atoms with E-state index in [1.807, 2.05) is 24.4 Å². The van der Waals surface area contributed by atoms with Crippen LogP contribution in [0, 0.1) is 0 Å². The molecule has 0 unspecified atom stereocenters. The predicted octanol–water partition coefficient (Wildman–Crippen LogP) is 6.61. The van der Waals surface area contributed by atoms with Gasteiger partial charge < -0.3 is 10.5 Å². The third-order valence-electron chi connectivity index (χ3n) is 7.48. The zero-order valence-electron chi connectivity index (χ0n) is 18.8. The van der Waals surface area contributed by atoms with Crippen molar-refractivity contribution in [1.29, 1.82) is 0 Å². The van der Waals surface area contributed by atoms with Gasteiger partial charge in [0.15, 0.2) is 0 Å². The average Bonchev–Trinajstić information content (AvgIpc) is 3.19. The third kappa shape index (κ3) is 2.53. The molecule has 3 heteroatoms. The van der Waals surface area contributed by atoms with E-state index in [0.29, 0.717) is 6.54 Å². The summed E-state index contributed by atoms with van der Waals surface area (Å²) in [7, 11) is 0. The number of benzene rings is 3. The highest BCUT2D eigenvalue weighted by Crippen LogP contribution is 2.61. The first-order valence-electron chi connectivity index (χ1n) is 11.9. The highest BCUT2D eigenvalue weighted by atomic mass is 16.5. The van der Waals surface area contributed by atoms with Crippen LogP contribution in [-0.4, -0.2) is 11.5 Å². The summed E-state index contributed by atoms with van der Waals surface area (Å²) in [6.07, 6.45) is 8.57. The Kier molecular flexibility index (Phi) is 4.18. The first-order valence-corrected chi connectivity index (χ1v) is 11.9. The molecule has 0 amide bonds. The van der Waals surface area contributed by atoms with Crippen molar-refractivity contribution in [2.75, 3.05) is 6.54 Å². The Labute approximate surface area is 199 Å². The molecule has 164 valence electrons. The molecular formula is C31H24N2O. The lowest BCUT2D eigenvalue weighted by atomic mass is 9.66. The minimum absolute atomic E-state index is 0.476. The number of fused-ring (bicyclic) bond motifs is 9. The Bertz CT molecular complexity index is 1480. The Balaban J connectivity index is 1.58. The van der Waals surface area contributed by atoms with Gasteiger partial charge >= 0.3 is 0 Å². The molecule has 7 rings (SSSR count). The molecule has 0 saturated carbocycles. The second kappa shape index (κ2) is 7.28. The number of allylic oxidation sites excluding steroid dienone is 3. The van der Waals surface area contributed by atoms with Crippen molar-refractivity contribution in [1.82, 2.24) is 4.98 Å². The number of pyridine rings is 1. The van der Waals surface area contributed by atoms with Gasteiger partial charge in [-0.05, 0) is 59.4 Å². The molecule has 0 atom stereocenters. The average molecular weight is 441 g/mol. The number of rotatable bonds is 2. The largest absolute Gasteiger partial charge is 0.457 e. The van der Waals surface area contributed by atoms with E-state index >= 15 is 0 Å². The fourth-order valence-electron chi connectivity index (χ4n) is 6.01. The molecule has 1 aromatic heterocycles. The van der Waals surface area contributed by atoms with E-state index in [2.05, 4.69) is 72.8 Å². The van der Waals surface area contributed by atoms with E-state index in [0.717, 1.165) is 41.2 Å². The molecule has 3 aromatic carbocycles. The summed E-state index contributed by atoms with van der Waals surface area (Å²) < 4.78 is 6.41. The van der Waals surface area contributed by atoms with E-state index in [1.165, 1.54) is 33.4 Å². The van der Waals surface area contributed by atoms with Crippen LogP contribution in [-0.2, 0) is 5.41 Å². The van der Waals surface area contributed by atoms with Crippen molar-refractivity contribution in [2.24, 2.45) is 5.73 Å². The third-order valence-corrected chi connectivity index (χ3v) is 7.48. The standard InChI is InChI=1S/C31H24N2O/c32-19-20-7-5-8-21(17-20)22-14-15-23-27(18-22)31(26-11-6-16-33-30(23)26)24-9-1-3-12-28(24)34-29-13-4-2-10-25(29)31/h1-4,6,8-18H,5,7,19,32H2. The molecule has 2 aliphatic carbocycles. The maximum absolute atomic E-state index is 6.41.